The molecular weight excluding hydrogens is 313 g/mol. The molecule has 0 bridgehead atoms. The van der Waals surface area contributed by atoms with Crippen molar-refractivity contribution in [3.8, 4) is 0 Å². The van der Waals surface area contributed by atoms with Crippen LogP contribution in [-0.4, -0.2) is 36.0 Å². The number of nitro groups is 1. The summed E-state index contributed by atoms with van der Waals surface area (Å²) in [5.74, 6) is 0. The SMILES string of the molecule is CCN(CC)CCCNCc1cccc([N+](=O)[O-])c1.Cl.Cl. The monoisotopic (exact) mass is 337 g/mol. The summed E-state index contributed by atoms with van der Waals surface area (Å²) in [5.41, 5.74) is 1.11. The molecule has 5 nitrogen and oxygen atoms in total. The van der Waals surface area contributed by atoms with Gasteiger partial charge in [-0.05, 0) is 38.2 Å². The van der Waals surface area contributed by atoms with Gasteiger partial charge in [-0.15, -0.1) is 24.8 Å². The van der Waals surface area contributed by atoms with Gasteiger partial charge < -0.3 is 10.2 Å². The third kappa shape index (κ3) is 8.88. The van der Waals surface area contributed by atoms with Crippen molar-refractivity contribution in [1.82, 2.24) is 10.2 Å². The van der Waals surface area contributed by atoms with Gasteiger partial charge in [-0.3, -0.25) is 10.1 Å². The molecular formula is C14H25Cl2N3O2. The van der Waals surface area contributed by atoms with Gasteiger partial charge in [0.1, 0.15) is 0 Å². The summed E-state index contributed by atoms with van der Waals surface area (Å²) in [6.07, 6.45) is 1.09. The molecule has 0 unspecified atom stereocenters. The smallest absolute Gasteiger partial charge is 0.269 e. The first-order chi connectivity index (χ1) is 9.17. The van der Waals surface area contributed by atoms with E-state index in [9.17, 15) is 10.1 Å². The Kier molecular flexibility index (Phi) is 13.7. The maximum Gasteiger partial charge on any atom is 0.269 e. The Morgan fingerprint density at radius 2 is 1.90 bits per heavy atom. The van der Waals surface area contributed by atoms with Crippen LogP contribution in [0.5, 0.6) is 0 Å². The second-order valence-corrected chi connectivity index (χ2v) is 4.48. The van der Waals surface area contributed by atoms with E-state index in [4.69, 9.17) is 0 Å². The van der Waals surface area contributed by atoms with Gasteiger partial charge in [0, 0.05) is 18.7 Å². The summed E-state index contributed by atoms with van der Waals surface area (Å²) in [4.78, 5) is 12.7. The number of hydrogen-bond donors (Lipinski definition) is 1. The van der Waals surface area contributed by atoms with Crippen LogP contribution in [0.4, 0.5) is 5.69 Å². The Morgan fingerprint density at radius 1 is 1.24 bits per heavy atom. The van der Waals surface area contributed by atoms with Crippen molar-refractivity contribution in [3.63, 3.8) is 0 Å². The van der Waals surface area contributed by atoms with Crippen molar-refractivity contribution in [1.29, 1.82) is 0 Å². The normalized spacial score (nSPS) is 9.86. The fraction of sp³-hybridized carbons (Fsp3) is 0.571. The average molecular weight is 338 g/mol. The van der Waals surface area contributed by atoms with Crippen LogP contribution in [0, 0.1) is 10.1 Å². The van der Waals surface area contributed by atoms with E-state index in [-0.39, 0.29) is 35.4 Å². The topological polar surface area (TPSA) is 58.4 Å². The molecule has 1 aromatic carbocycles. The number of nitrogens with zero attached hydrogens (tertiary/aromatic N) is 2. The third-order valence-corrected chi connectivity index (χ3v) is 3.17. The first kappa shape index (κ1) is 22.4. The number of hydrogen-bond acceptors (Lipinski definition) is 4. The molecule has 21 heavy (non-hydrogen) atoms. The van der Waals surface area contributed by atoms with Crippen molar-refractivity contribution in [3.05, 3.63) is 39.9 Å². The van der Waals surface area contributed by atoms with Crippen LogP contribution in [0.15, 0.2) is 24.3 Å². The quantitative estimate of drug-likeness (QED) is 0.427. The Balaban J connectivity index is 0. The summed E-state index contributed by atoms with van der Waals surface area (Å²) >= 11 is 0. The molecule has 0 heterocycles. The molecule has 1 aromatic rings. The molecule has 0 radical (unpaired) electrons. The highest BCUT2D eigenvalue weighted by Crippen LogP contribution is 2.12. The summed E-state index contributed by atoms with van der Waals surface area (Å²) in [6, 6.07) is 6.77. The predicted molar refractivity (Wildman–Crippen MR) is 91.7 cm³/mol. The first-order valence-electron chi connectivity index (χ1n) is 6.83. The van der Waals surface area contributed by atoms with Gasteiger partial charge in [-0.25, -0.2) is 0 Å². The van der Waals surface area contributed by atoms with Gasteiger partial charge in [-0.1, -0.05) is 26.0 Å². The van der Waals surface area contributed by atoms with E-state index in [0.717, 1.165) is 38.2 Å². The maximum atomic E-state index is 10.7. The highest BCUT2D eigenvalue weighted by molar-refractivity contribution is 5.85. The minimum absolute atomic E-state index is 0. The van der Waals surface area contributed by atoms with Crippen molar-refractivity contribution >= 4 is 30.5 Å². The lowest BCUT2D eigenvalue weighted by molar-refractivity contribution is -0.384. The third-order valence-electron chi connectivity index (χ3n) is 3.17. The molecule has 0 saturated carbocycles. The first-order valence-corrected chi connectivity index (χ1v) is 6.83. The Morgan fingerprint density at radius 3 is 2.48 bits per heavy atom. The van der Waals surface area contributed by atoms with Crippen LogP contribution >= 0.6 is 24.8 Å². The summed E-state index contributed by atoms with van der Waals surface area (Å²) in [7, 11) is 0. The summed E-state index contributed by atoms with van der Waals surface area (Å²) < 4.78 is 0. The van der Waals surface area contributed by atoms with E-state index >= 15 is 0 Å². The molecule has 1 N–H and O–H groups in total. The second-order valence-electron chi connectivity index (χ2n) is 4.48. The standard InChI is InChI=1S/C14H23N3O2.2ClH/c1-3-16(4-2)10-6-9-15-12-13-7-5-8-14(11-13)17(18)19;;/h5,7-8,11,15H,3-4,6,9-10,12H2,1-2H3;2*1H. The molecule has 0 aliphatic heterocycles. The van der Waals surface area contributed by atoms with Gasteiger partial charge >= 0.3 is 0 Å². The van der Waals surface area contributed by atoms with Crippen molar-refractivity contribution < 1.29 is 4.92 Å². The van der Waals surface area contributed by atoms with E-state index in [1.165, 1.54) is 6.07 Å². The molecule has 7 heteroatoms. The zero-order chi connectivity index (χ0) is 14.1. The van der Waals surface area contributed by atoms with E-state index in [1.807, 2.05) is 6.07 Å². The number of non-ortho nitro benzene ring substituents is 1. The Hall–Kier alpha value is -0.880. The minimum atomic E-state index is -0.357. The number of halogens is 2. The van der Waals surface area contributed by atoms with Crippen LogP contribution in [0.25, 0.3) is 0 Å². The van der Waals surface area contributed by atoms with Crippen LogP contribution in [0.1, 0.15) is 25.8 Å². The minimum Gasteiger partial charge on any atom is -0.313 e. The van der Waals surface area contributed by atoms with E-state index < -0.39 is 0 Å². The van der Waals surface area contributed by atoms with Crippen molar-refractivity contribution in [2.45, 2.75) is 26.8 Å². The van der Waals surface area contributed by atoms with Gasteiger partial charge in [-0.2, -0.15) is 0 Å². The Bertz CT molecular complexity index is 402. The lowest BCUT2D eigenvalue weighted by Gasteiger charge is -2.17. The van der Waals surface area contributed by atoms with Crippen molar-refractivity contribution in [2.24, 2.45) is 0 Å². The maximum absolute atomic E-state index is 10.7. The number of nitro benzene ring substituents is 1. The fourth-order valence-electron chi connectivity index (χ4n) is 1.98. The molecule has 0 amide bonds. The lowest BCUT2D eigenvalue weighted by Crippen LogP contribution is -2.27. The van der Waals surface area contributed by atoms with Crippen molar-refractivity contribution in [2.75, 3.05) is 26.2 Å². The Labute approximate surface area is 139 Å². The zero-order valence-electron chi connectivity index (χ0n) is 12.6. The van der Waals surface area contributed by atoms with E-state index in [0.29, 0.717) is 6.54 Å². The second kappa shape index (κ2) is 12.8. The molecule has 0 aromatic heterocycles. The number of rotatable bonds is 9. The van der Waals surface area contributed by atoms with E-state index in [1.54, 1.807) is 12.1 Å². The zero-order valence-corrected chi connectivity index (χ0v) is 14.2. The number of nitrogens with one attached hydrogen (secondary N) is 1. The molecule has 0 fully saturated rings. The van der Waals surface area contributed by atoms with Crippen LogP contribution in [0.2, 0.25) is 0 Å². The van der Waals surface area contributed by atoms with Gasteiger partial charge in [0.25, 0.3) is 5.69 Å². The van der Waals surface area contributed by atoms with Crippen LogP contribution in [0.3, 0.4) is 0 Å². The molecule has 0 atom stereocenters. The highest BCUT2D eigenvalue weighted by atomic mass is 35.5. The summed E-state index contributed by atoms with van der Waals surface area (Å²) in [6.45, 7) is 9.21. The van der Waals surface area contributed by atoms with Gasteiger partial charge in [0.15, 0.2) is 0 Å². The lowest BCUT2D eigenvalue weighted by atomic mass is 10.2. The largest absolute Gasteiger partial charge is 0.313 e. The average Bonchev–Trinajstić information content (AvgIpc) is 2.43. The summed E-state index contributed by atoms with van der Waals surface area (Å²) in [5, 5.41) is 14.0. The van der Waals surface area contributed by atoms with E-state index in [2.05, 4.69) is 24.1 Å². The van der Waals surface area contributed by atoms with Crippen LogP contribution in [-0.2, 0) is 6.54 Å². The molecule has 1 rings (SSSR count). The highest BCUT2D eigenvalue weighted by Gasteiger charge is 2.05. The molecule has 0 spiro atoms. The van der Waals surface area contributed by atoms with Crippen LogP contribution < -0.4 is 5.32 Å². The van der Waals surface area contributed by atoms with Gasteiger partial charge in [0.05, 0.1) is 4.92 Å². The number of benzene rings is 1. The predicted octanol–water partition coefficient (Wildman–Crippen LogP) is 3.26. The fourth-order valence-corrected chi connectivity index (χ4v) is 1.98. The molecule has 122 valence electrons. The molecule has 0 saturated heterocycles. The van der Waals surface area contributed by atoms with Gasteiger partial charge in [0.2, 0.25) is 0 Å². The molecule has 0 aliphatic rings. The molecule has 0 aliphatic carbocycles.